The SMILES string of the molecule is NC(=O)c1cc(N)ccc1NCc1sccc1Br. The van der Waals surface area contributed by atoms with E-state index in [1.54, 1.807) is 29.5 Å². The third kappa shape index (κ3) is 2.83. The van der Waals surface area contributed by atoms with E-state index in [2.05, 4.69) is 21.2 Å². The van der Waals surface area contributed by atoms with Gasteiger partial charge in [-0.25, -0.2) is 0 Å². The highest BCUT2D eigenvalue weighted by Crippen LogP contribution is 2.25. The molecule has 0 radical (unpaired) electrons. The summed E-state index contributed by atoms with van der Waals surface area (Å²) in [4.78, 5) is 12.5. The molecule has 1 aromatic heterocycles. The number of benzene rings is 1. The van der Waals surface area contributed by atoms with Crippen molar-refractivity contribution in [1.82, 2.24) is 0 Å². The average molecular weight is 326 g/mol. The van der Waals surface area contributed by atoms with Crippen molar-refractivity contribution in [3.05, 3.63) is 44.6 Å². The van der Waals surface area contributed by atoms with Crippen molar-refractivity contribution in [3.63, 3.8) is 0 Å². The first-order chi connectivity index (χ1) is 8.58. The molecule has 2 aromatic rings. The van der Waals surface area contributed by atoms with Gasteiger partial charge in [-0.15, -0.1) is 11.3 Å². The van der Waals surface area contributed by atoms with E-state index in [0.717, 1.165) is 9.35 Å². The van der Waals surface area contributed by atoms with Crippen LogP contribution in [0.2, 0.25) is 0 Å². The second kappa shape index (κ2) is 5.41. The van der Waals surface area contributed by atoms with E-state index in [0.29, 0.717) is 23.5 Å². The monoisotopic (exact) mass is 325 g/mol. The number of amides is 1. The molecule has 0 aliphatic rings. The van der Waals surface area contributed by atoms with Gasteiger partial charge in [0, 0.05) is 20.7 Å². The molecule has 0 saturated carbocycles. The van der Waals surface area contributed by atoms with Crippen LogP contribution >= 0.6 is 27.3 Å². The smallest absolute Gasteiger partial charge is 0.250 e. The topological polar surface area (TPSA) is 81.1 Å². The summed E-state index contributed by atoms with van der Waals surface area (Å²) in [6.45, 7) is 0.627. The zero-order valence-corrected chi connectivity index (χ0v) is 11.8. The summed E-state index contributed by atoms with van der Waals surface area (Å²) < 4.78 is 1.05. The van der Waals surface area contributed by atoms with Crippen LogP contribution in [-0.2, 0) is 6.54 Å². The maximum atomic E-state index is 11.3. The van der Waals surface area contributed by atoms with Crippen LogP contribution in [-0.4, -0.2) is 5.91 Å². The Morgan fingerprint density at radius 3 is 2.78 bits per heavy atom. The number of carbonyl (C=O) groups excluding carboxylic acids is 1. The third-order valence-corrected chi connectivity index (χ3v) is 4.37. The zero-order chi connectivity index (χ0) is 13.1. The van der Waals surface area contributed by atoms with Crippen LogP contribution in [0.1, 0.15) is 15.2 Å². The van der Waals surface area contributed by atoms with Crippen molar-refractivity contribution in [2.24, 2.45) is 5.73 Å². The lowest BCUT2D eigenvalue weighted by molar-refractivity contribution is 0.100. The molecule has 0 aliphatic heterocycles. The lowest BCUT2D eigenvalue weighted by Gasteiger charge is -2.10. The highest BCUT2D eigenvalue weighted by molar-refractivity contribution is 9.10. The van der Waals surface area contributed by atoms with Gasteiger partial charge in [-0.2, -0.15) is 0 Å². The maximum Gasteiger partial charge on any atom is 0.250 e. The first-order valence-corrected chi connectivity index (χ1v) is 6.90. The van der Waals surface area contributed by atoms with Crippen LogP contribution in [0.4, 0.5) is 11.4 Å². The second-order valence-electron chi connectivity index (χ2n) is 3.71. The van der Waals surface area contributed by atoms with Gasteiger partial charge in [-0.3, -0.25) is 4.79 Å². The van der Waals surface area contributed by atoms with Crippen LogP contribution in [0, 0.1) is 0 Å². The molecule has 1 heterocycles. The standard InChI is InChI=1S/C12H12BrN3OS/c13-9-3-4-18-11(9)6-16-10-2-1-7(14)5-8(10)12(15)17/h1-5,16H,6,14H2,(H2,15,17). The van der Waals surface area contributed by atoms with E-state index in [1.165, 1.54) is 0 Å². The molecule has 94 valence electrons. The summed E-state index contributed by atoms with van der Waals surface area (Å²) in [6.07, 6.45) is 0. The molecule has 0 aliphatic carbocycles. The van der Waals surface area contributed by atoms with Gasteiger partial charge in [0.25, 0.3) is 5.91 Å². The second-order valence-corrected chi connectivity index (χ2v) is 5.57. The molecule has 6 heteroatoms. The highest BCUT2D eigenvalue weighted by atomic mass is 79.9. The van der Waals surface area contributed by atoms with Crippen LogP contribution < -0.4 is 16.8 Å². The van der Waals surface area contributed by atoms with Crippen molar-refractivity contribution in [2.45, 2.75) is 6.54 Å². The lowest BCUT2D eigenvalue weighted by atomic mass is 10.1. The van der Waals surface area contributed by atoms with Gasteiger partial charge in [0.15, 0.2) is 0 Å². The summed E-state index contributed by atoms with van der Waals surface area (Å²) in [5.41, 5.74) is 12.6. The Morgan fingerprint density at radius 2 is 2.17 bits per heavy atom. The number of hydrogen-bond acceptors (Lipinski definition) is 4. The maximum absolute atomic E-state index is 11.3. The van der Waals surface area contributed by atoms with Crippen LogP contribution in [0.25, 0.3) is 0 Å². The molecule has 18 heavy (non-hydrogen) atoms. The van der Waals surface area contributed by atoms with Gasteiger partial charge in [0.2, 0.25) is 0 Å². The van der Waals surface area contributed by atoms with E-state index in [-0.39, 0.29) is 0 Å². The minimum atomic E-state index is -0.491. The number of nitrogens with two attached hydrogens (primary N) is 2. The fourth-order valence-corrected chi connectivity index (χ4v) is 2.98. The molecule has 0 fully saturated rings. The average Bonchev–Trinajstić information content (AvgIpc) is 2.73. The normalized spacial score (nSPS) is 10.3. The molecule has 5 N–H and O–H groups in total. The largest absolute Gasteiger partial charge is 0.399 e. The van der Waals surface area contributed by atoms with E-state index >= 15 is 0 Å². The van der Waals surface area contributed by atoms with Gasteiger partial charge in [0.05, 0.1) is 12.1 Å². The summed E-state index contributed by atoms with van der Waals surface area (Å²) in [6, 6.07) is 7.06. The van der Waals surface area contributed by atoms with Gasteiger partial charge in [0.1, 0.15) is 0 Å². The van der Waals surface area contributed by atoms with Crippen LogP contribution in [0.3, 0.4) is 0 Å². The number of nitrogen functional groups attached to an aromatic ring is 1. The summed E-state index contributed by atoms with van der Waals surface area (Å²) >= 11 is 5.09. The number of primary amides is 1. The minimum absolute atomic E-state index is 0.405. The van der Waals surface area contributed by atoms with Crippen molar-refractivity contribution in [2.75, 3.05) is 11.1 Å². The Labute approximate surface area is 117 Å². The molecule has 0 saturated heterocycles. The molecule has 2 rings (SSSR count). The highest BCUT2D eigenvalue weighted by Gasteiger charge is 2.09. The van der Waals surface area contributed by atoms with Crippen molar-refractivity contribution < 1.29 is 4.79 Å². The van der Waals surface area contributed by atoms with E-state index in [1.807, 2.05) is 11.4 Å². The molecule has 0 bridgehead atoms. The molecule has 0 atom stereocenters. The number of rotatable bonds is 4. The van der Waals surface area contributed by atoms with Gasteiger partial charge < -0.3 is 16.8 Å². The quantitative estimate of drug-likeness (QED) is 0.756. The van der Waals surface area contributed by atoms with Crippen molar-refractivity contribution in [1.29, 1.82) is 0 Å². The van der Waals surface area contributed by atoms with Gasteiger partial charge >= 0.3 is 0 Å². The fraction of sp³-hybridized carbons (Fsp3) is 0.0833. The Hall–Kier alpha value is -1.53. The molecule has 4 nitrogen and oxygen atoms in total. The summed E-state index contributed by atoms with van der Waals surface area (Å²) in [5.74, 6) is -0.491. The summed E-state index contributed by atoms with van der Waals surface area (Å²) in [5, 5.41) is 5.19. The van der Waals surface area contributed by atoms with E-state index in [9.17, 15) is 4.79 Å². The molecule has 0 spiro atoms. The Bertz CT molecular complexity index is 582. The van der Waals surface area contributed by atoms with Gasteiger partial charge in [-0.05, 0) is 45.6 Å². The molecule has 1 aromatic carbocycles. The predicted octanol–water partition coefficient (Wildman–Crippen LogP) is 2.80. The summed E-state index contributed by atoms with van der Waals surface area (Å²) in [7, 11) is 0. The van der Waals surface area contributed by atoms with Gasteiger partial charge in [-0.1, -0.05) is 0 Å². The fourth-order valence-electron chi connectivity index (χ4n) is 1.55. The number of thiophene rings is 1. The first kappa shape index (κ1) is 12.9. The molecular weight excluding hydrogens is 314 g/mol. The predicted molar refractivity (Wildman–Crippen MR) is 78.7 cm³/mol. The first-order valence-electron chi connectivity index (χ1n) is 5.23. The minimum Gasteiger partial charge on any atom is -0.399 e. The Balaban J connectivity index is 2.19. The lowest BCUT2D eigenvalue weighted by Crippen LogP contribution is -2.14. The Kier molecular flexibility index (Phi) is 3.88. The van der Waals surface area contributed by atoms with E-state index < -0.39 is 5.91 Å². The van der Waals surface area contributed by atoms with Crippen molar-refractivity contribution >= 4 is 44.5 Å². The third-order valence-electron chi connectivity index (χ3n) is 2.44. The molecule has 0 unspecified atom stereocenters. The van der Waals surface area contributed by atoms with E-state index in [4.69, 9.17) is 11.5 Å². The molecule has 1 amide bonds. The number of anilines is 2. The number of hydrogen-bond donors (Lipinski definition) is 3. The van der Waals surface area contributed by atoms with Crippen LogP contribution in [0.15, 0.2) is 34.1 Å². The number of nitrogens with one attached hydrogen (secondary N) is 1. The Morgan fingerprint density at radius 1 is 1.39 bits per heavy atom. The van der Waals surface area contributed by atoms with Crippen molar-refractivity contribution in [3.8, 4) is 0 Å². The molecular formula is C12H12BrN3OS. The van der Waals surface area contributed by atoms with Crippen LogP contribution in [0.5, 0.6) is 0 Å². The number of carbonyl (C=O) groups is 1. The zero-order valence-electron chi connectivity index (χ0n) is 9.44. The number of halogens is 1.